The molecule has 1 aromatic heterocycles. The van der Waals surface area contributed by atoms with Crippen LogP contribution in [0.1, 0.15) is 57.1 Å². The molecule has 1 aromatic rings. The van der Waals surface area contributed by atoms with Crippen LogP contribution in [0.3, 0.4) is 0 Å². The Morgan fingerprint density at radius 2 is 1.94 bits per heavy atom. The molecule has 1 heterocycles. The van der Waals surface area contributed by atoms with Gasteiger partial charge in [0.2, 0.25) is 0 Å². The molecule has 1 fully saturated rings. The molecule has 0 bridgehead atoms. The van der Waals surface area contributed by atoms with Gasteiger partial charge in [0.25, 0.3) is 0 Å². The van der Waals surface area contributed by atoms with Gasteiger partial charge in [0, 0.05) is 13.0 Å². The molecule has 0 unspecified atom stereocenters. The molecule has 0 amide bonds. The SMILES string of the molecule is CCCn1c(C)nnc1CC1(CN)CCCCC1. The minimum absolute atomic E-state index is 0.281. The highest BCUT2D eigenvalue weighted by Gasteiger charge is 2.32. The van der Waals surface area contributed by atoms with Crippen molar-refractivity contribution in [1.82, 2.24) is 14.8 Å². The zero-order chi connectivity index (χ0) is 13.0. The maximum atomic E-state index is 6.06. The summed E-state index contributed by atoms with van der Waals surface area (Å²) in [7, 11) is 0. The number of aromatic nitrogens is 3. The molecule has 2 N–H and O–H groups in total. The molecular formula is C14H26N4. The summed E-state index contributed by atoms with van der Waals surface area (Å²) >= 11 is 0. The van der Waals surface area contributed by atoms with E-state index in [0.29, 0.717) is 0 Å². The largest absolute Gasteiger partial charge is 0.330 e. The maximum Gasteiger partial charge on any atom is 0.133 e. The highest BCUT2D eigenvalue weighted by molar-refractivity contribution is 5.00. The maximum absolute atomic E-state index is 6.06. The second kappa shape index (κ2) is 5.83. The molecule has 18 heavy (non-hydrogen) atoms. The Kier molecular flexibility index (Phi) is 4.38. The molecule has 0 radical (unpaired) electrons. The number of nitrogens with two attached hydrogens (primary N) is 1. The van der Waals surface area contributed by atoms with E-state index in [1.54, 1.807) is 0 Å². The fraction of sp³-hybridized carbons (Fsp3) is 0.857. The van der Waals surface area contributed by atoms with Gasteiger partial charge >= 0.3 is 0 Å². The first-order valence-electron chi connectivity index (χ1n) is 7.29. The van der Waals surface area contributed by atoms with Gasteiger partial charge in [0.15, 0.2) is 0 Å². The number of hydrogen-bond donors (Lipinski definition) is 1. The molecule has 1 aliphatic carbocycles. The minimum Gasteiger partial charge on any atom is -0.330 e. The number of aryl methyl sites for hydroxylation is 1. The molecule has 2 rings (SSSR count). The van der Waals surface area contributed by atoms with Gasteiger partial charge in [-0.3, -0.25) is 0 Å². The van der Waals surface area contributed by atoms with E-state index >= 15 is 0 Å². The third-order valence-corrected chi connectivity index (χ3v) is 4.34. The van der Waals surface area contributed by atoms with Crippen LogP contribution >= 0.6 is 0 Å². The van der Waals surface area contributed by atoms with Crippen LogP contribution in [-0.2, 0) is 13.0 Å². The standard InChI is InChI=1S/C14H26N4/c1-3-9-18-12(2)16-17-13(18)10-14(11-15)7-5-4-6-8-14/h3-11,15H2,1-2H3. The van der Waals surface area contributed by atoms with E-state index < -0.39 is 0 Å². The zero-order valence-corrected chi connectivity index (χ0v) is 11.8. The predicted octanol–water partition coefficient (Wildman–Crippen LogP) is 2.45. The fourth-order valence-electron chi connectivity index (χ4n) is 3.16. The highest BCUT2D eigenvalue weighted by Crippen LogP contribution is 2.38. The van der Waals surface area contributed by atoms with Crippen LogP contribution in [0.4, 0.5) is 0 Å². The summed E-state index contributed by atoms with van der Waals surface area (Å²) in [6, 6.07) is 0. The monoisotopic (exact) mass is 250 g/mol. The van der Waals surface area contributed by atoms with Gasteiger partial charge in [-0.1, -0.05) is 26.2 Å². The lowest BCUT2D eigenvalue weighted by Gasteiger charge is -2.36. The summed E-state index contributed by atoms with van der Waals surface area (Å²) in [5.41, 5.74) is 6.34. The molecule has 4 nitrogen and oxygen atoms in total. The average Bonchev–Trinajstić information content (AvgIpc) is 2.73. The van der Waals surface area contributed by atoms with Crippen molar-refractivity contribution in [3.63, 3.8) is 0 Å². The van der Waals surface area contributed by atoms with Crippen LogP contribution in [0.5, 0.6) is 0 Å². The Bertz CT molecular complexity index is 377. The summed E-state index contributed by atoms with van der Waals surface area (Å²) in [6.45, 7) is 6.05. The second-order valence-corrected chi connectivity index (χ2v) is 5.76. The minimum atomic E-state index is 0.281. The first-order valence-corrected chi connectivity index (χ1v) is 7.29. The van der Waals surface area contributed by atoms with E-state index in [1.165, 1.54) is 32.1 Å². The number of rotatable bonds is 5. The van der Waals surface area contributed by atoms with Crippen molar-refractivity contribution in [1.29, 1.82) is 0 Å². The molecule has 1 aliphatic rings. The van der Waals surface area contributed by atoms with Crippen molar-refractivity contribution >= 4 is 0 Å². The highest BCUT2D eigenvalue weighted by atomic mass is 15.3. The topological polar surface area (TPSA) is 56.7 Å². The number of nitrogens with zero attached hydrogens (tertiary/aromatic N) is 3. The third kappa shape index (κ3) is 2.74. The smallest absolute Gasteiger partial charge is 0.133 e. The van der Waals surface area contributed by atoms with Crippen molar-refractivity contribution in [2.24, 2.45) is 11.1 Å². The van der Waals surface area contributed by atoms with E-state index in [2.05, 4.69) is 21.7 Å². The lowest BCUT2D eigenvalue weighted by molar-refractivity contribution is 0.191. The van der Waals surface area contributed by atoms with E-state index in [-0.39, 0.29) is 5.41 Å². The average molecular weight is 250 g/mol. The van der Waals surface area contributed by atoms with Crippen molar-refractivity contribution in [2.75, 3.05) is 6.54 Å². The molecule has 0 spiro atoms. The first kappa shape index (κ1) is 13.5. The van der Waals surface area contributed by atoms with Gasteiger partial charge in [-0.25, -0.2) is 0 Å². The molecule has 0 saturated heterocycles. The van der Waals surface area contributed by atoms with Gasteiger partial charge in [0.1, 0.15) is 11.6 Å². The molecule has 0 atom stereocenters. The summed E-state index contributed by atoms with van der Waals surface area (Å²) < 4.78 is 2.27. The van der Waals surface area contributed by atoms with Gasteiger partial charge in [-0.05, 0) is 38.1 Å². The van der Waals surface area contributed by atoms with E-state index in [4.69, 9.17) is 5.73 Å². The Morgan fingerprint density at radius 3 is 2.56 bits per heavy atom. The van der Waals surface area contributed by atoms with Crippen LogP contribution in [0.25, 0.3) is 0 Å². The van der Waals surface area contributed by atoms with Crippen molar-refractivity contribution in [3.05, 3.63) is 11.6 Å². The second-order valence-electron chi connectivity index (χ2n) is 5.76. The summed E-state index contributed by atoms with van der Waals surface area (Å²) in [6.07, 6.45) is 8.63. The summed E-state index contributed by atoms with van der Waals surface area (Å²) in [5, 5.41) is 8.62. The normalized spacial score (nSPS) is 19.1. The quantitative estimate of drug-likeness (QED) is 0.873. The van der Waals surface area contributed by atoms with Crippen LogP contribution in [0.15, 0.2) is 0 Å². The van der Waals surface area contributed by atoms with E-state index in [0.717, 1.165) is 37.6 Å². The Balaban J connectivity index is 2.16. The molecule has 0 aromatic carbocycles. The molecule has 4 heteroatoms. The Labute approximate surface area is 110 Å². The van der Waals surface area contributed by atoms with Gasteiger partial charge in [-0.2, -0.15) is 0 Å². The Morgan fingerprint density at radius 1 is 1.22 bits per heavy atom. The van der Waals surface area contributed by atoms with Crippen LogP contribution < -0.4 is 5.73 Å². The van der Waals surface area contributed by atoms with Crippen molar-refractivity contribution < 1.29 is 0 Å². The van der Waals surface area contributed by atoms with Gasteiger partial charge < -0.3 is 10.3 Å². The summed E-state index contributed by atoms with van der Waals surface area (Å²) in [5.74, 6) is 2.18. The lowest BCUT2D eigenvalue weighted by Crippen LogP contribution is -2.35. The number of hydrogen-bond acceptors (Lipinski definition) is 3. The fourth-order valence-corrected chi connectivity index (χ4v) is 3.16. The first-order chi connectivity index (χ1) is 8.71. The van der Waals surface area contributed by atoms with Crippen molar-refractivity contribution in [3.8, 4) is 0 Å². The Hall–Kier alpha value is -0.900. The van der Waals surface area contributed by atoms with E-state index in [1.807, 2.05) is 6.92 Å². The molecule has 1 saturated carbocycles. The summed E-state index contributed by atoms with van der Waals surface area (Å²) in [4.78, 5) is 0. The molecular weight excluding hydrogens is 224 g/mol. The third-order valence-electron chi connectivity index (χ3n) is 4.34. The van der Waals surface area contributed by atoms with Crippen LogP contribution in [0, 0.1) is 12.3 Å². The predicted molar refractivity (Wildman–Crippen MR) is 73.3 cm³/mol. The van der Waals surface area contributed by atoms with Gasteiger partial charge in [-0.15, -0.1) is 10.2 Å². The lowest BCUT2D eigenvalue weighted by atomic mass is 9.71. The van der Waals surface area contributed by atoms with Gasteiger partial charge in [0.05, 0.1) is 0 Å². The van der Waals surface area contributed by atoms with E-state index in [9.17, 15) is 0 Å². The van der Waals surface area contributed by atoms with Crippen LogP contribution in [0.2, 0.25) is 0 Å². The molecule has 102 valence electrons. The van der Waals surface area contributed by atoms with Crippen LogP contribution in [-0.4, -0.2) is 21.3 Å². The zero-order valence-electron chi connectivity index (χ0n) is 11.8. The van der Waals surface area contributed by atoms with Crippen molar-refractivity contribution in [2.45, 2.75) is 65.3 Å². The molecule has 0 aliphatic heterocycles.